The second kappa shape index (κ2) is 26.8. The van der Waals surface area contributed by atoms with Crippen molar-refractivity contribution in [1.82, 2.24) is 33.7 Å². The van der Waals surface area contributed by atoms with Crippen LogP contribution in [0.3, 0.4) is 0 Å². The number of likely N-dealkylation sites (tertiary alicyclic amines) is 3. The van der Waals surface area contributed by atoms with Crippen LogP contribution < -0.4 is 22.4 Å². The molecule has 0 bridgehead atoms. The van der Waals surface area contributed by atoms with Gasteiger partial charge in [-0.05, 0) is 77.0 Å². The molecule has 16 heteroatoms. The van der Waals surface area contributed by atoms with Gasteiger partial charge in [0, 0.05) is 77.9 Å². The highest BCUT2D eigenvalue weighted by atomic mass is 16.2. The third-order valence-corrected chi connectivity index (χ3v) is 12.1. The average molecular weight is 842 g/mol. The first-order valence-electron chi connectivity index (χ1n) is 23.3. The summed E-state index contributed by atoms with van der Waals surface area (Å²) in [6.45, 7) is 2.37. The number of nitrogens with zero attached hydrogens (tertiary/aromatic N) is 6. The van der Waals surface area contributed by atoms with Crippen LogP contribution >= 0.6 is 0 Å². The van der Waals surface area contributed by atoms with E-state index in [0.717, 1.165) is 103 Å². The molecule has 1 aromatic rings. The molecule has 0 unspecified atom stereocenters. The Bertz CT molecular complexity index is 1540. The van der Waals surface area contributed by atoms with Gasteiger partial charge < -0.3 is 5.32 Å². The second-order valence-corrected chi connectivity index (χ2v) is 16.8. The van der Waals surface area contributed by atoms with Crippen LogP contribution in [0.1, 0.15) is 180 Å². The number of hydrogen-bond acceptors (Lipinski definition) is 9. The summed E-state index contributed by atoms with van der Waals surface area (Å²) < 4.78 is 3.51. The highest BCUT2D eigenvalue weighted by molar-refractivity contribution is 5.96. The van der Waals surface area contributed by atoms with Gasteiger partial charge in [0.25, 0.3) is 0 Å². The molecule has 0 aromatic carbocycles. The van der Waals surface area contributed by atoms with Gasteiger partial charge >= 0.3 is 23.1 Å². The van der Waals surface area contributed by atoms with Crippen molar-refractivity contribution in [2.75, 3.05) is 26.2 Å². The fraction of sp³-hybridized carbons (Fsp3) is 0.795. The fourth-order valence-corrected chi connectivity index (χ4v) is 8.41. The number of amides is 7. The van der Waals surface area contributed by atoms with Crippen LogP contribution in [0.25, 0.3) is 0 Å². The van der Waals surface area contributed by atoms with E-state index in [1.807, 2.05) is 0 Å². The van der Waals surface area contributed by atoms with Crippen LogP contribution in [0, 0.1) is 0 Å². The minimum absolute atomic E-state index is 0.0790. The summed E-state index contributed by atoms with van der Waals surface area (Å²) in [6.07, 6.45) is 19.5. The second-order valence-electron chi connectivity index (χ2n) is 16.8. The molecular weight excluding hydrogens is 771 g/mol. The Morgan fingerprint density at radius 3 is 1.13 bits per heavy atom. The molecule has 3 fully saturated rings. The molecular formula is C44H71N7O9. The van der Waals surface area contributed by atoms with Gasteiger partial charge in [-0.2, -0.15) is 0 Å². The van der Waals surface area contributed by atoms with E-state index in [0.29, 0.717) is 103 Å². The molecule has 0 saturated carbocycles. The van der Waals surface area contributed by atoms with E-state index in [1.165, 1.54) is 28.4 Å². The van der Waals surface area contributed by atoms with E-state index in [9.17, 15) is 43.2 Å². The Hall–Kier alpha value is -4.37. The Kier molecular flexibility index (Phi) is 21.5. The van der Waals surface area contributed by atoms with Crippen molar-refractivity contribution in [1.29, 1.82) is 0 Å². The molecule has 3 aliphatic rings. The summed E-state index contributed by atoms with van der Waals surface area (Å²) in [7, 11) is 0. The van der Waals surface area contributed by atoms with Gasteiger partial charge in [0.05, 0.1) is 0 Å². The Morgan fingerprint density at radius 1 is 0.383 bits per heavy atom. The standard InChI is InChI=1S/C44H71N7O9/c52-36(46-30-21-9-14-26-38(46)54)24-12-3-1-6-18-33-49-42(58)50(34-19-7-2-4-13-25-37(53)47-31-22-10-15-27-39(47)55)44(60)51(43(49)59)35-20-8-5-17-29-45-41(57)48-32-23-11-16-28-40(48)56/h1-35H2,(H,45,57). The van der Waals surface area contributed by atoms with Crippen molar-refractivity contribution >= 4 is 35.6 Å². The number of carbonyl (C=O) groups excluding carboxylic acids is 6. The topological polar surface area (TPSA) is 190 Å². The lowest BCUT2D eigenvalue weighted by atomic mass is 10.1. The predicted molar refractivity (Wildman–Crippen MR) is 227 cm³/mol. The zero-order valence-electron chi connectivity index (χ0n) is 36.1. The Morgan fingerprint density at radius 2 is 0.717 bits per heavy atom. The van der Waals surface area contributed by atoms with Crippen LogP contribution in [-0.2, 0) is 43.6 Å². The number of nitrogens with one attached hydrogen (secondary N) is 1. The van der Waals surface area contributed by atoms with Crippen molar-refractivity contribution in [2.45, 2.75) is 199 Å². The maximum atomic E-state index is 13.6. The molecule has 0 radical (unpaired) electrons. The summed E-state index contributed by atoms with van der Waals surface area (Å²) >= 11 is 0. The van der Waals surface area contributed by atoms with E-state index in [4.69, 9.17) is 0 Å². The number of urea groups is 1. The highest BCUT2D eigenvalue weighted by Crippen LogP contribution is 2.16. The smallest absolute Gasteiger partial charge is 0.336 e. The first-order chi connectivity index (χ1) is 29.1. The molecule has 0 atom stereocenters. The van der Waals surface area contributed by atoms with Crippen molar-refractivity contribution in [3.63, 3.8) is 0 Å². The molecule has 60 heavy (non-hydrogen) atoms. The van der Waals surface area contributed by atoms with E-state index in [2.05, 4.69) is 5.32 Å². The van der Waals surface area contributed by atoms with Gasteiger partial charge in [-0.1, -0.05) is 70.6 Å². The number of aromatic nitrogens is 3. The SMILES string of the molecule is O=C(CCCCCCCn1c(=O)n(CCCCCCCC(=O)N2CCCCCC2=O)c(=O)n(CCCCCCNC(=O)N2CCCCCC2=O)c1=O)N1CCCCCC1=O. The van der Waals surface area contributed by atoms with Crippen LogP contribution in [-0.4, -0.2) is 90.1 Å². The van der Waals surface area contributed by atoms with Gasteiger partial charge in [-0.25, -0.2) is 32.9 Å². The van der Waals surface area contributed by atoms with Crippen molar-refractivity contribution in [2.24, 2.45) is 0 Å². The van der Waals surface area contributed by atoms with Crippen molar-refractivity contribution < 1.29 is 28.8 Å². The summed E-state index contributed by atoms with van der Waals surface area (Å²) in [5.74, 6) is -0.519. The van der Waals surface area contributed by atoms with Gasteiger partial charge in [0.1, 0.15) is 0 Å². The van der Waals surface area contributed by atoms with Gasteiger partial charge in [0.15, 0.2) is 0 Å². The third kappa shape index (κ3) is 15.6. The van der Waals surface area contributed by atoms with Gasteiger partial charge in [-0.3, -0.25) is 38.7 Å². The molecule has 3 aliphatic heterocycles. The molecule has 1 aromatic heterocycles. The third-order valence-electron chi connectivity index (χ3n) is 12.1. The average Bonchev–Trinajstić information content (AvgIpc) is 3.70. The van der Waals surface area contributed by atoms with E-state index in [-0.39, 0.29) is 55.2 Å². The molecule has 3 saturated heterocycles. The normalized spacial score (nSPS) is 16.7. The number of rotatable bonds is 23. The maximum Gasteiger partial charge on any atom is 0.336 e. The lowest BCUT2D eigenvalue weighted by Crippen LogP contribution is -2.54. The number of carbonyl (C=O) groups is 6. The van der Waals surface area contributed by atoms with Crippen molar-refractivity contribution in [3.8, 4) is 0 Å². The molecule has 1 N–H and O–H groups in total. The lowest BCUT2D eigenvalue weighted by Gasteiger charge is -2.19. The van der Waals surface area contributed by atoms with Gasteiger partial charge in [0.2, 0.25) is 29.5 Å². The summed E-state index contributed by atoms with van der Waals surface area (Å²) in [5, 5.41) is 2.84. The molecule has 0 aliphatic carbocycles. The number of hydrogen-bond donors (Lipinski definition) is 1. The van der Waals surface area contributed by atoms with Crippen LogP contribution in [0.15, 0.2) is 14.4 Å². The molecule has 336 valence electrons. The van der Waals surface area contributed by atoms with Gasteiger partial charge in [-0.15, -0.1) is 0 Å². The summed E-state index contributed by atoms with van der Waals surface area (Å²) in [4.78, 5) is 120. The first kappa shape index (κ1) is 48.3. The van der Waals surface area contributed by atoms with E-state index >= 15 is 0 Å². The first-order valence-corrected chi connectivity index (χ1v) is 23.3. The fourth-order valence-electron chi connectivity index (χ4n) is 8.41. The Balaban J connectivity index is 1.25. The molecule has 7 amide bonds. The maximum absolute atomic E-state index is 13.6. The molecule has 4 rings (SSSR count). The summed E-state index contributed by atoms with van der Waals surface area (Å²) in [5.41, 5.74) is -1.84. The minimum Gasteiger partial charge on any atom is -0.338 e. The zero-order valence-corrected chi connectivity index (χ0v) is 36.1. The van der Waals surface area contributed by atoms with Crippen molar-refractivity contribution in [3.05, 3.63) is 31.5 Å². The lowest BCUT2D eigenvalue weighted by molar-refractivity contribution is -0.146. The molecule has 16 nitrogen and oxygen atoms in total. The Labute approximate surface area is 354 Å². The quantitative estimate of drug-likeness (QED) is 0.141. The molecule has 0 spiro atoms. The largest absolute Gasteiger partial charge is 0.338 e. The van der Waals surface area contributed by atoms with E-state index < -0.39 is 17.1 Å². The van der Waals surface area contributed by atoms with Crippen LogP contribution in [0.2, 0.25) is 0 Å². The highest BCUT2D eigenvalue weighted by Gasteiger charge is 2.25. The number of imide groups is 3. The van der Waals surface area contributed by atoms with Crippen LogP contribution in [0.5, 0.6) is 0 Å². The monoisotopic (exact) mass is 842 g/mol. The van der Waals surface area contributed by atoms with Crippen LogP contribution in [0.4, 0.5) is 4.79 Å². The van der Waals surface area contributed by atoms with E-state index in [1.54, 1.807) is 0 Å². The minimum atomic E-state index is -0.615. The predicted octanol–water partition coefficient (Wildman–Crippen LogP) is 5.38. The zero-order chi connectivity index (χ0) is 43.1. The number of unbranched alkanes of at least 4 members (excludes halogenated alkanes) is 11. The molecule has 4 heterocycles. The summed E-state index contributed by atoms with van der Waals surface area (Å²) in [6, 6.07) is -0.358.